The first-order valence-corrected chi connectivity index (χ1v) is 9.97. The minimum absolute atomic E-state index is 0.0428. The van der Waals surface area contributed by atoms with Crippen molar-refractivity contribution >= 4 is 17.3 Å². The molecule has 4 rings (SSSR count). The number of nitrogens with zero attached hydrogens (tertiary/aromatic N) is 3. The maximum absolute atomic E-state index is 13.2. The molecule has 0 bridgehead atoms. The number of amides is 1. The van der Waals surface area contributed by atoms with Gasteiger partial charge in [-0.1, -0.05) is 18.2 Å². The Morgan fingerprint density at radius 2 is 1.87 bits per heavy atom. The summed E-state index contributed by atoms with van der Waals surface area (Å²) in [6, 6.07) is 14.1. The number of benzene rings is 2. The molecule has 2 aromatic rings. The fraction of sp³-hybridized carbons (Fsp3) is 0.381. The number of non-ortho nitro benzene ring substituents is 1. The average Bonchev–Trinajstić information content (AvgIpc) is 3.29. The molecule has 9 heteroatoms. The van der Waals surface area contributed by atoms with Gasteiger partial charge in [0.15, 0.2) is 0 Å². The Hall–Kier alpha value is -3.17. The van der Waals surface area contributed by atoms with Crippen molar-refractivity contribution in [2.75, 3.05) is 44.7 Å². The van der Waals surface area contributed by atoms with Crippen LogP contribution in [-0.4, -0.2) is 55.6 Å². The summed E-state index contributed by atoms with van der Waals surface area (Å²) in [5.74, 6) is 0.663. The number of carbonyl (C=O) groups is 1. The smallest absolute Gasteiger partial charge is 0.269 e. The van der Waals surface area contributed by atoms with Crippen LogP contribution in [0.1, 0.15) is 11.6 Å². The molecular formula is C21H25N5O4. The van der Waals surface area contributed by atoms with E-state index in [2.05, 4.69) is 21.8 Å². The molecule has 2 N–H and O–H groups in total. The highest BCUT2D eigenvalue weighted by atomic mass is 16.6. The summed E-state index contributed by atoms with van der Waals surface area (Å²) in [7, 11) is 1.65. The zero-order valence-corrected chi connectivity index (χ0v) is 16.8. The van der Waals surface area contributed by atoms with E-state index in [0.717, 1.165) is 30.1 Å². The SMILES string of the molecule is COc1cccc(N2CCN(C(=O)C3CNNC3c3ccc([N+](=O)[O-])cc3)CC2)c1. The Bertz CT molecular complexity index is 912. The molecule has 2 aliphatic rings. The van der Waals surface area contributed by atoms with Gasteiger partial charge < -0.3 is 14.5 Å². The number of piperazine rings is 1. The first-order chi connectivity index (χ1) is 14.6. The number of hydrogen-bond acceptors (Lipinski definition) is 7. The Kier molecular flexibility index (Phi) is 5.82. The second-order valence-electron chi connectivity index (χ2n) is 7.47. The highest BCUT2D eigenvalue weighted by Gasteiger charge is 2.37. The predicted molar refractivity (Wildman–Crippen MR) is 112 cm³/mol. The molecule has 2 aliphatic heterocycles. The summed E-state index contributed by atoms with van der Waals surface area (Å²) in [6.07, 6.45) is 0. The number of nitro groups is 1. The van der Waals surface area contributed by atoms with E-state index in [1.807, 2.05) is 23.1 Å². The molecule has 2 heterocycles. The van der Waals surface area contributed by atoms with Crippen LogP contribution >= 0.6 is 0 Å². The number of methoxy groups -OCH3 is 1. The van der Waals surface area contributed by atoms with Gasteiger partial charge in [0.05, 0.1) is 24.0 Å². The van der Waals surface area contributed by atoms with Crippen molar-refractivity contribution in [3.63, 3.8) is 0 Å². The Labute approximate surface area is 174 Å². The van der Waals surface area contributed by atoms with Crippen LogP contribution in [0.15, 0.2) is 48.5 Å². The molecule has 0 aromatic heterocycles. The normalized spacial score (nSPS) is 21.5. The van der Waals surface area contributed by atoms with Crippen molar-refractivity contribution in [2.45, 2.75) is 6.04 Å². The maximum atomic E-state index is 13.2. The summed E-state index contributed by atoms with van der Waals surface area (Å²) in [5, 5.41) is 10.9. The number of hydrogen-bond donors (Lipinski definition) is 2. The van der Waals surface area contributed by atoms with E-state index < -0.39 is 4.92 Å². The summed E-state index contributed by atoms with van der Waals surface area (Å²) in [6.45, 7) is 3.35. The molecule has 1 amide bonds. The molecule has 0 saturated carbocycles. The van der Waals surface area contributed by atoms with E-state index in [-0.39, 0.29) is 23.6 Å². The number of nitro benzene ring substituents is 1. The van der Waals surface area contributed by atoms with Crippen LogP contribution in [0.25, 0.3) is 0 Å². The number of carbonyl (C=O) groups excluding carboxylic acids is 1. The van der Waals surface area contributed by atoms with Crippen molar-refractivity contribution in [1.29, 1.82) is 0 Å². The zero-order chi connectivity index (χ0) is 21.1. The quantitative estimate of drug-likeness (QED) is 0.571. The molecule has 2 unspecified atom stereocenters. The number of ether oxygens (including phenoxy) is 1. The zero-order valence-electron chi connectivity index (χ0n) is 16.8. The predicted octanol–water partition coefficient (Wildman–Crippen LogP) is 1.72. The van der Waals surface area contributed by atoms with Crippen molar-refractivity contribution in [3.05, 3.63) is 64.2 Å². The molecule has 0 spiro atoms. The topological polar surface area (TPSA) is 100.0 Å². The van der Waals surface area contributed by atoms with E-state index in [9.17, 15) is 14.9 Å². The minimum atomic E-state index is -0.422. The standard InChI is InChI=1S/C21H25N5O4/c1-30-18-4-2-3-17(13-18)24-9-11-25(12-10-24)21(27)19-14-22-23-20(19)15-5-7-16(8-6-15)26(28)29/h2-8,13,19-20,22-23H,9-12,14H2,1H3. The van der Waals surface area contributed by atoms with Gasteiger partial charge in [-0.15, -0.1) is 0 Å². The summed E-state index contributed by atoms with van der Waals surface area (Å²) in [5.41, 5.74) is 8.21. The number of anilines is 1. The monoisotopic (exact) mass is 411 g/mol. The van der Waals surface area contributed by atoms with Gasteiger partial charge in [-0.3, -0.25) is 20.3 Å². The molecule has 30 heavy (non-hydrogen) atoms. The second kappa shape index (κ2) is 8.68. The third-order valence-electron chi connectivity index (χ3n) is 5.77. The molecule has 2 aromatic carbocycles. The molecule has 9 nitrogen and oxygen atoms in total. The largest absolute Gasteiger partial charge is 0.497 e. The average molecular weight is 411 g/mol. The summed E-state index contributed by atoms with van der Waals surface area (Å²) in [4.78, 5) is 27.8. The van der Waals surface area contributed by atoms with Crippen molar-refractivity contribution in [3.8, 4) is 5.75 Å². The molecule has 2 atom stereocenters. The molecular weight excluding hydrogens is 386 g/mol. The van der Waals surface area contributed by atoms with Gasteiger partial charge in [-0.05, 0) is 17.7 Å². The van der Waals surface area contributed by atoms with Gasteiger partial charge >= 0.3 is 0 Å². The Balaban J connectivity index is 1.40. The summed E-state index contributed by atoms with van der Waals surface area (Å²) >= 11 is 0. The number of hydrazine groups is 1. The fourth-order valence-electron chi connectivity index (χ4n) is 4.07. The molecule has 2 fully saturated rings. The highest BCUT2D eigenvalue weighted by Crippen LogP contribution is 2.29. The lowest BCUT2D eigenvalue weighted by molar-refractivity contribution is -0.384. The maximum Gasteiger partial charge on any atom is 0.269 e. The van der Waals surface area contributed by atoms with Crippen LogP contribution in [0.3, 0.4) is 0 Å². The molecule has 0 radical (unpaired) electrons. The molecule has 2 saturated heterocycles. The first-order valence-electron chi connectivity index (χ1n) is 9.97. The van der Waals surface area contributed by atoms with Crippen LogP contribution in [0.4, 0.5) is 11.4 Å². The van der Waals surface area contributed by atoms with Gasteiger partial charge in [0.1, 0.15) is 5.75 Å². The summed E-state index contributed by atoms with van der Waals surface area (Å²) < 4.78 is 5.30. The molecule has 158 valence electrons. The minimum Gasteiger partial charge on any atom is -0.497 e. The lowest BCUT2D eigenvalue weighted by atomic mass is 9.93. The van der Waals surface area contributed by atoms with Crippen molar-refractivity contribution in [1.82, 2.24) is 15.8 Å². The Morgan fingerprint density at radius 3 is 2.53 bits per heavy atom. The Morgan fingerprint density at radius 1 is 1.13 bits per heavy atom. The van der Waals surface area contributed by atoms with Crippen LogP contribution in [0.5, 0.6) is 5.75 Å². The lowest BCUT2D eigenvalue weighted by Crippen LogP contribution is -2.51. The van der Waals surface area contributed by atoms with E-state index in [1.54, 1.807) is 19.2 Å². The van der Waals surface area contributed by atoms with Gasteiger partial charge in [-0.2, -0.15) is 0 Å². The molecule has 0 aliphatic carbocycles. The van der Waals surface area contributed by atoms with E-state index >= 15 is 0 Å². The van der Waals surface area contributed by atoms with Gasteiger partial charge in [-0.25, -0.2) is 5.43 Å². The third-order valence-corrected chi connectivity index (χ3v) is 5.77. The number of nitrogens with one attached hydrogen (secondary N) is 2. The second-order valence-corrected chi connectivity index (χ2v) is 7.47. The fourth-order valence-corrected chi connectivity index (χ4v) is 4.07. The van der Waals surface area contributed by atoms with Crippen LogP contribution in [0.2, 0.25) is 0 Å². The van der Waals surface area contributed by atoms with Gasteiger partial charge in [0.25, 0.3) is 5.69 Å². The lowest BCUT2D eigenvalue weighted by Gasteiger charge is -2.37. The van der Waals surface area contributed by atoms with Gasteiger partial charge in [0.2, 0.25) is 5.91 Å². The van der Waals surface area contributed by atoms with Crippen molar-refractivity contribution < 1.29 is 14.5 Å². The van der Waals surface area contributed by atoms with E-state index in [1.165, 1.54) is 12.1 Å². The number of rotatable bonds is 5. The van der Waals surface area contributed by atoms with E-state index in [4.69, 9.17) is 4.74 Å². The third kappa shape index (κ3) is 4.07. The highest BCUT2D eigenvalue weighted by molar-refractivity contribution is 5.81. The van der Waals surface area contributed by atoms with Crippen molar-refractivity contribution in [2.24, 2.45) is 5.92 Å². The first kappa shape index (κ1) is 20.1. The van der Waals surface area contributed by atoms with E-state index in [0.29, 0.717) is 19.6 Å². The van der Waals surface area contributed by atoms with Crippen LogP contribution in [0, 0.1) is 16.0 Å². The van der Waals surface area contributed by atoms with Crippen LogP contribution < -0.4 is 20.5 Å². The van der Waals surface area contributed by atoms with Crippen LogP contribution in [-0.2, 0) is 4.79 Å². The van der Waals surface area contributed by atoms with Gasteiger partial charge in [0, 0.05) is 56.6 Å².